The molecule has 30 heavy (non-hydrogen) atoms. The summed E-state index contributed by atoms with van der Waals surface area (Å²) in [5, 5.41) is 5.58. The molecule has 1 saturated heterocycles. The number of hydrogen-bond acceptors (Lipinski definition) is 3. The van der Waals surface area contributed by atoms with Crippen molar-refractivity contribution < 1.29 is 14.4 Å². The normalized spacial score (nSPS) is 15.7. The van der Waals surface area contributed by atoms with Gasteiger partial charge in [0.25, 0.3) is 11.8 Å². The number of nitrogens with zero attached hydrogens (tertiary/aromatic N) is 1. The van der Waals surface area contributed by atoms with E-state index in [1.54, 1.807) is 24.3 Å². The molecule has 0 unspecified atom stereocenters. The van der Waals surface area contributed by atoms with E-state index in [1.165, 1.54) is 4.90 Å². The van der Waals surface area contributed by atoms with Crippen LogP contribution in [0.3, 0.4) is 0 Å². The van der Waals surface area contributed by atoms with Gasteiger partial charge in [0.1, 0.15) is 6.04 Å². The van der Waals surface area contributed by atoms with Crippen LogP contribution in [0.1, 0.15) is 21.5 Å². The molecule has 2 N–H and O–H groups in total. The number of para-hydroxylation sites is 1. The number of carbonyl (C=O) groups is 3. The first-order chi connectivity index (χ1) is 14.6. The maximum atomic E-state index is 12.7. The number of anilines is 1. The highest BCUT2D eigenvalue weighted by atomic mass is 16.2. The van der Waals surface area contributed by atoms with Gasteiger partial charge in [0, 0.05) is 17.7 Å². The van der Waals surface area contributed by atoms with Crippen LogP contribution in [0.15, 0.2) is 84.9 Å². The number of benzene rings is 3. The molecule has 0 radical (unpaired) electrons. The Kier molecular flexibility index (Phi) is 5.57. The van der Waals surface area contributed by atoms with E-state index < -0.39 is 12.1 Å². The zero-order chi connectivity index (χ0) is 20.9. The molecule has 6 heteroatoms. The molecule has 4 amide bonds. The van der Waals surface area contributed by atoms with Crippen molar-refractivity contribution in [2.45, 2.75) is 19.0 Å². The average molecular weight is 399 g/mol. The Bertz CT molecular complexity index is 1050. The van der Waals surface area contributed by atoms with Gasteiger partial charge < -0.3 is 10.6 Å². The summed E-state index contributed by atoms with van der Waals surface area (Å²) in [6, 6.07) is 24.7. The Labute approximate surface area is 174 Å². The second kappa shape index (κ2) is 8.61. The van der Waals surface area contributed by atoms with Gasteiger partial charge in [-0.3, -0.25) is 14.5 Å². The van der Waals surface area contributed by atoms with Crippen molar-refractivity contribution in [3.63, 3.8) is 0 Å². The molecule has 3 aromatic rings. The lowest BCUT2D eigenvalue weighted by Crippen LogP contribution is -2.32. The summed E-state index contributed by atoms with van der Waals surface area (Å²) >= 11 is 0. The van der Waals surface area contributed by atoms with Crippen molar-refractivity contribution >= 4 is 23.5 Å². The molecule has 1 fully saturated rings. The molecule has 0 bridgehead atoms. The van der Waals surface area contributed by atoms with Crippen LogP contribution >= 0.6 is 0 Å². The third kappa shape index (κ3) is 4.38. The van der Waals surface area contributed by atoms with E-state index in [-0.39, 0.29) is 18.4 Å². The Hall–Kier alpha value is -3.93. The molecule has 1 aliphatic heterocycles. The molecular formula is C24H21N3O3. The van der Waals surface area contributed by atoms with E-state index >= 15 is 0 Å². The summed E-state index contributed by atoms with van der Waals surface area (Å²) in [5.74, 6) is -0.458. The zero-order valence-electron chi connectivity index (χ0n) is 16.2. The smallest absolute Gasteiger partial charge is 0.325 e. The fraction of sp³-hybridized carbons (Fsp3) is 0.125. The molecule has 1 atom stereocenters. The van der Waals surface area contributed by atoms with Crippen molar-refractivity contribution in [2.75, 3.05) is 5.32 Å². The van der Waals surface area contributed by atoms with Gasteiger partial charge in [-0.1, -0.05) is 60.7 Å². The topological polar surface area (TPSA) is 78.5 Å². The molecule has 0 aliphatic carbocycles. The van der Waals surface area contributed by atoms with Crippen LogP contribution in [0.2, 0.25) is 0 Å². The predicted molar refractivity (Wildman–Crippen MR) is 114 cm³/mol. The van der Waals surface area contributed by atoms with Crippen LogP contribution in [0.25, 0.3) is 0 Å². The third-order valence-corrected chi connectivity index (χ3v) is 4.98. The van der Waals surface area contributed by atoms with E-state index in [9.17, 15) is 14.4 Å². The molecule has 150 valence electrons. The van der Waals surface area contributed by atoms with E-state index in [2.05, 4.69) is 10.6 Å². The molecule has 0 aromatic heterocycles. The van der Waals surface area contributed by atoms with Crippen LogP contribution in [0.5, 0.6) is 0 Å². The summed E-state index contributed by atoms with van der Waals surface area (Å²) in [7, 11) is 0. The van der Waals surface area contributed by atoms with Crippen molar-refractivity contribution in [3.05, 3.63) is 102 Å². The van der Waals surface area contributed by atoms with Crippen molar-refractivity contribution in [1.29, 1.82) is 0 Å². The largest absolute Gasteiger partial charge is 0.325 e. The predicted octanol–water partition coefficient (Wildman–Crippen LogP) is 3.60. The summed E-state index contributed by atoms with van der Waals surface area (Å²) in [5.41, 5.74) is 2.99. The SMILES string of the molecule is O=C(Nc1ccccc1)c1ccc(CN2C(=O)N[C@H](Cc3ccccc3)C2=O)cc1. The molecular weight excluding hydrogens is 378 g/mol. The van der Waals surface area contributed by atoms with Crippen molar-refractivity contribution in [2.24, 2.45) is 0 Å². The Morgan fingerprint density at radius 2 is 1.47 bits per heavy atom. The van der Waals surface area contributed by atoms with Gasteiger partial charge in [-0.2, -0.15) is 0 Å². The molecule has 0 spiro atoms. The maximum absolute atomic E-state index is 12.7. The summed E-state index contributed by atoms with van der Waals surface area (Å²) in [4.78, 5) is 38.5. The Morgan fingerprint density at radius 3 is 2.13 bits per heavy atom. The van der Waals surface area contributed by atoms with Crippen molar-refractivity contribution in [3.8, 4) is 0 Å². The van der Waals surface area contributed by atoms with Crippen LogP contribution in [-0.4, -0.2) is 28.8 Å². The number of hydrogen-bond donors (Lipinski definition) is 2. The highest BCUT2D eigenvalue weighted by Crippen LogP contribution is 2.16. The molecule has 0 saturated carbocycles. The van der Waals surface area contributed by atoms with Crippen LogP contribution < -0.4 is 10.6 Å². The number of urea groups is 1. The number of amides is 4. The van der Waals surface area contributed by atoms with Gasteiger partial charge in [0.2, 0.25) is 0 Å². The Morgan fingerprint density at radius 1 is 0.833 bits per heavy atom. The van der Waals surface area contributed by atoms with Gasteiger partial charge in [-0.15, -0.1) is 0 Å². The lowest BCUT2D eigenvalue weighted by atomic mass is 10.1. The van der Waals surface area contributed by atoms with E-state index in [4.69, 9.17) is 0 Å². The second-order valence-electron chi connectivity index (χ2n) is 7.13. The summed E-state index contributed by atoms with van der Waals surface area (Å²) in [6.07, 6.45) is 0.459. The van der Waals surface area contributed by atoms with Crippen molar-refractivity contribution in [1.82, 2.24) is 10.2 Å². The highest BCUT2D eigenvalue weighted by molar-refractivity contribution is 6.05. The maximum Gasteiger partial charge on any atom is 0.325 e. The van der Waals surface area contributed by atoms with Crippen LogP contribution in [-0.2, 0) is 17.8 Å². The highest BCUT2D eigenvalue weighted by Gasteiger charge is 2.37. The van der Waals surface area contributed by atoms with Gasteiger partial charge in [0.15, 0.2) is 0 Å². The van der Waals surface area contributed by atoms with Gasteiger partial charge in [0.05, 0.1) is 6.54 Å². The fourth-order valence-corrected chi connectivity index (χ4v) is 3.38. The minimum Gasteiger partial charge on any atom is -0.325 e. The summed E-state index contributed by atoms with van der Waals surface area (Å²) < 4.78 is 0. The van der Waals surface area contributed by atoms with Gasteiger partial charge >= 0.3 is 6.03 Å². The first kappa shape index (κ1) is 19.4. The van der Waals surface area contributed by atoms with E-state index in [1.807, 2.05) is 60.7 Å². The molecule has 1 heterocycles. The zero-order valence-corrected chi connectivity index (χ0v) is 16.2. The first-order valence-corrected chi connectivity index (χ1v) is 9.71. The summed E-state index contributed by atoms with van der Waals surface area (Å²) in [6.45, 7) is 0.163. The van der Waals surface area contributed by atoms with Crippen LogP contribution in [0.4, 0.5) is 10.5 Å². The molecule has 1 aliphatic rings. The van der Waals surface area contributed by atoms with Crippen LogP contribution in [0, 0.1) is 0 Å². The first-order valence-electron chi connectivity index (χ1n) is 9.71. The third-order valence-electron chi connectivity index (χ3n) is 4.98. The van der Waals surface area contributed by atoms with E-state index in [0.29, 0.717) is 12.0 Å². The van der Waals surface area contributed by atoms with Gasteiger partial charge in [-0.25, -0.2) is 4.79 Å². The average Bonchev–Trinajstić information content (AvgIpc) is 3.03. The van der Waals surface area contributed by atoms with E-state index in [0.717, 1.165) is 16.8 Å². The van der Waals surface area contributed by atoms with Gasteiger partial charge in [-0.05, 0) is 35.4 Å². The standard InChI is InChI=1S/C24H21N3O3/c28-22(25-20-9-5-2-6-10-20)19-13-11-18(12-14-19)16-27-23(29)21(26-24(27)30)15-17-7-3-1-4-8-17/h1-14,21H,15-16H2,(H,25,28)(H,26,30)/t21-/m1/s1. The monoisotopic (exact) mass is 399 g/mol. The quantitative estimate of drug-likeness (QED) is 0.622. The second-order valence-corrected chi connectivity index (χ2v) is 7.13. The number of carbonyl (C=O) groups excluding carboxylic acids is 3. The Balaban J connectivity index is 1.38. The number of rotatable bonds is 6. The minimum atomic E-state index is -0.559. The molecule has 6 nitrogen and oxygen atoms in total. The number of nitrogens with one attached hydrogen (secondary N) is 2. The number of imide groups is 1. The lowest BCUT2D eigenvalue weighted by Gasteiger charge is -2.13. The fourth-order valence-electron chi connectivity index (χ4n) is 3.38. The molecule has 4 rings (SSSR count). The minimum absolute atomic E-state index is 0.163. The molecule has 3 aromatic carbocycles. The lowest BCUT2D eigenvalue weighted by molar-refractivity contribution is -0.127.